The monoisotopic (exact) mass is 578 g/mol. The molecule has 0 fully saturated rings. The van der Waals surface area contributed by atoms with Crippen LogP contribution in [0.2, 0.25) is 0 Å². The van der Waals surface area contributed by atoms with E-state index >= 15 is 0 Å². The van der Waals surface area contributed by atoms with Gasteiger partial charge in [0.05, 0.1) is 41.9 Å². The summed E-state index contributed by atoms with van der Waals surface area (Å²) in [6.45, 7) is -0.668. The van der Waals surface area contributed by atoms with Crippen molar-refractivity contribution in [2.24, 2.45) is 0 Å². The number of carbonyl (C=O) groups is 2. The highest BCUT2D eigenvalue weighted by molar-refractivity contribution is 9.10. The molecule has 2 heterocycles. The fourth-order valence-electron chi connectivity index (χ4n) is 4.19. The van der Waals surface area contributed by atoms with E-state index in [1.807, 2.05) is 0 Å². The summed E-state index contributed by atoms with van der Waals surface area (Å²) in [4.78, 5) is 26.3. The molecule has 0 saturated heterocycles. The Hall–Kier alpha value is -3.51. The van der Waals surface area contributed by atoms with Gasteiger partial charge in [-0.15, -0.1) is 0 Å². The van der Waals surface area contributed by atoms with Crippen molar-refractivity contribution in [3.8, 4) is 11.5 Å². The molecule has 0 saturated carbocycles. The lowest BCUT2D eigenvalue weighted by atomic mass is 10.1. The number of imide groups is 1. The number of fused-ring (bicyclic) bond motifs is 2. The van der Waals surface area contributed by atoms with Crippen molar-refractivity contribution in [1.29, 1.82) is 0 Å². The smallest absolute Gasteiger partial charge is 0.264 e. The maximum absolute atomic E-state index is 14.9. The standard InChI is InChI=1S/C24H17BrF2N2O6S/c1-34-21-10-15(6-7-18(21)26)36(32,33)29-12-14(35-22-19(27)8-13(25)9-20(22)29)11-28-23(30)16-4-2-3-5-17(16)24(28)31/h2-10,14H,11-12H2,1H3/t14-/m0/s1. The molecule has 8 nitrogen and oxygen atoms in total. The number of nitrogens with zero attached hydrogens (tertiary/aromatic N) is 2. The highest BCUT2D eigenvalue weighted by Gasteiger charge is 2.41. The molecule has 5 rings (SSSR count). The first-order chi connectivity index (χ1) is 17.1. The number of rotatable bonds is 5. The minimum absolute atomic E-state index is 0.0937. The summed E-state index contributed by atoms with van der Waals surface area (Å²) in [5.74, 6) is -3.35. The van der Waals surface area contributed by atoms with Crippen molar-refractivity contribution in [1.82, 2.24) is 4.90 Å². The number of halogens is 3. The molecule has 3 aromatic carbocycles. The van der Waals surface area contributed by atoms with E-state index in [0.29, 0.717) is 0 Å². The SMILES string of the molecule is COc1cc(S(=O)(=O)N2C[C@H](CN3C(=O)c4ccccc4C3=O)Oc3c(F)cc(Br)cc32)ccc1F. The van der Waals surface area contributed by atoms with E-state index in [1.54, 1.807) is 12.1 Å². The van der Waals surface area contributed by atoms with Crippen molar-refractivity contribution < 1.29 is 36.3 Å². The first-order valence-corrected chi connectivity index (χ1v) is 12.8. The molecule has 2 amide bonds. The molecular weight excluding hydrogens is 562 g/mol. The largest absolute Gasteiger partial charge is 0.494 e. The molecule has 186 valence electrons. The van der Waals surface area contributed by atoms with Gasteiger partial charge in [0, 0.05) is 10.5 Å². The Morgan fingerprint density at radius 3 is 2.33 bits per heavy atom. The first-order valence-electron chi connectivity index (χ1n) is 10.6. The third-order valence-electron chi connectivity index (χ3n) is 5.89. The van der Waals surface area contributed by atoms with E-state index in [0.717, 1.165) is 33.5 Å². The van der Waals surface area contributed by atoms with E-state index in [2.05, 4.69) is 15.9 Å². The first kappa shape index (κ1) is 24.2. The van der Waals surface area contributed by atoms with E-state index in [1.165, 1.54) is 25.3 Å². The lowest BCUT2D eigenvalue weighted by Crippen LogP contribution is -2.49. The molecule has 0 spiro atoms. The number of benzene rings is 3. The Morgan fingerprint density at radius 1 is 1.03 bits per heavy atom. The van der Waals surface area contributed by atoms with Gasteiger partial charge in [-0.1, -0.05) is 28.1 Å². The fourth-order valence-corrected chi connectivity index (χ4v) is 6.12. The number of methoxy groups -OCH3 is 1. The van der Waals surface area contributed by atoms with Crippen LogP contribution < -0.4 is 13.8 Å². The zero-order valence-electron chi connectivity index (χ0n) is 18.6. The van der Waals surface area contributed by atoms with Crippen LogP contribution in [0.5, 0.6) is 11.5 Å². The summed E-state index contributed by atoms with van der Waals surface area (Å²) in [6.07, 6.45) is -1.09. The number of anilines is 1. The molecule has 0 bridgehead atoms. The van der Waals surface area contributed by atoms with Gasteiger partial charge in [-0.05, 0) is 36.4 Å². The van der Waals surface area contributed by atoms with Crippen molar-refractivity contribution >= 4 is 43.5 Å². The van der Waals surface area contributed by atoms with Gasteiger partial charge in [0.2, 0.25) is 0 Å². The summed E-state index contributed by atoms with van der Waals surface area (Å²) in [7, 11) is -3.18. The molecule has 3 aromatic rings. The Kier molecular flexibility index (Phi) is 5.95. The van der Waals surface area contributed by atoms with Crippen LogP contribution in [0.1, 0.15) is 20.7 Å². The highest BCUT2D eigenvalue weighted by atomic mass is 79.9. The zero-order chi connectivity index (χ0) is 25.8. The molecule has 0 unspecified atom stereocenters. The summed E-state index contributed by atoms with van der Waals surface area (Å²) in [5, 5.41) is 0. The number of hydrogen-bond acceptors (Lipinski definition) is 6. The molecule has 1 atom stereocenters. The zero-order valence-corrected chi connectivity index (χ0v) is 21.0. The lowest BCUT2D eigenvalue weighted by Gasteiger charge is -2.36. The average molecular weight is 579 g/mol. The number of sulfonamides is 1. The summed E-state index contributed by atoms with van der Waals surface area (Å²) < 4.78 is 68.0. The van der Waals surface area contributed by atoms with Gasteiger partial charge in [-0.3, -0.25) is 18.8 Å². The summed E-state index contributed by atoms with van der Waals surface area (Å²) in [6, 6.07) is 11.8. The average Bonchev–Trinajstić information content (AvgIpc) is 3.09. The van der Waals surface area contributed by atoms with Crippen LogP contribution in [0.3, 0.4) is 0 Å². The molecule has 0 aliphatic carbocycles. The van der Waals surface area contributed by atoms with Crippen LogP contribution in [-0.4, -0.2) is 51.4 Å². The fraction of sp³-hybridized carbons (Fsp3) is 0.167. The van der Waals surface area contributed by atoms with Gasteiger partial charge >= 0.3 is 0 Å². The van der Waals surface area contributed by atoms with Crippen LogP contribution >= 0.6 is 15.9 Å². The van der Waals surface area contributed by atoms with E-state index in [9.17, 15) is 26.8 Å². The normalized spacial score (nSPS) is 17.1. The molecule has 36 heavy (non-hydrogen) atoms. The molecule has 12 heteroatoms. The maximum Gasteiger partial charge on any atom is 0.264 e. The Balaban J connectivity index is 1.54. The second-order valence-electron chi connectivity index (χ2n) is 8.07. The third-order valence-corrected chi connectivity index (χ3v) is 8.12. The van der Waals surface area contributed by atoms with Crippen LogP contribution in [0, 0.1) is 11.6 Å². The number of hydrogen-bond donors (Lipinski definition) is 0. The van der Waals surface area contributed by atoms with Gasteiger partial charge in [0.1, 0.15) is 6.10 Å². The molecule has 0 radical (unpaired) electrons. The second-order valence-corrected chi connectivity index (χ2v) is 10.9. The minimum Gasteiger partial charge on any atom is -0.494 e. The second kappa shape index (κ2) is 8.86. The van der Waals surface area contributed by atoms with Crippen LogP contribution in [-0.2, 0) is 10.0 Å². The number of ether oxygens (including phenoxy) is 2. The van der Waals surface area contributed by atoms with E-state index < -0.39 is 39.6 Å². The van der Waals surface area contributed by atoms with Crippen molar-refractivity contribution in [3.05, 3.63) is 81.8 Å². The van der Waals surface area contributed by atoms with Gasteiger partial charge in [0.15, 0.2) is 23.1 Å². The van der Waals surface area contributed by atoms with Gasteiger partial charge in [0.25, 0.3) is 21.8 Å². The maximum atomic E-state index is 14.9. The number of carbonyl (C=O) groups excluding carboxylic acids is 2. The van der Waals surface area contributed by atoms with Gasteiger partial charge < -0.3 is 9.47 Å². The molecular formula is C24H17BrF2N2O6S. The van der Waals surface area contributed by atoms with Crippen molar-refractivity contribution in [3.63, 3.8) is 0 Å². The van der Waals surface area contributed by atoms with Gasteiger partial charge in [-0.2, -0.15) is 0 Å². The third kappa shape index (κ3) is 3.90. The predicted molar refractivity (Wildman–Crippen MR) is 128 cm³/mol. The van der Waals surface area contributed by atoms with Crippen LogP contribution in [0.25, 0.3) is 0 Å². The topological polar surface area (TPSA) is 93.2 Å². The summed E-state index contributed by atoms with van der Waals surface area (Å²) >= 11 is 3.16. The Bertz CT molecular complexity index is 1500. The minimum atomic E-state index is -4.37. The Morgan fingerprint density at radius 2 is 1.69 bits per heavy atom. The number of amides is 2. The Labute approximate surface area is 213 Å². The molecule has 0 aromatic heterocycles. The van der Waals surface area contributed by atoms with E-state index in [-0.39, 0.29) is 50.8 Å². The molecule has 2 aliphatic heterocycles. The molecule has 0 N–H and O–H groups in total. The van der Waals surface area contributed by atoms with E-state index in [4.69, 9.17) is 9.47 Å². The van der Waals surface area contributed by atoms with Crippen LogP contribution in [0.4, 0.5) is 14.5 Å². The lowest BCUT2D eigenvalue weighted by molar-refractivity contribution is 0.0570. The quantitative estimate of drug-likeness (QED) is 0.425. The highest BCUT2D eigenvalue weighted by Crippen LogP contribution is 2.42. The molecule has 2 aliphatic rings. The van der Waals surface area contributed by atoms with Crippen molar-refractivity contribution in [2.75, 3.05) is 24.5 Å². The van der Waals surface area contributed by atoms with Crippen LogP contribution in [0.15, 0.2) is 64.0 Å². The van der Waals surface area contributed by atoms with Crippen molar-refractivity contribution in [2.45, 2.75) is 11.0 Å². The summed E-state index contributed by atoms with van der Waals surface area (Å²) in [5.41, 5.74) is 0.345. The predicted octanol–water partition coefficient (Wildman–Crippen LogP) is 3.99. The van der Waals surface area contributed by atoms with Gasteiger partial charge in [-0.25, -0.2) is 17.2 Å².